The Labute approximate surface area is 141 Å². The molecule has 2 aromatic heterocycles. The van der Waals surface area contributed by atoms with Crippen molar-refractivity contribution in [2.75, 3.05) is 13.1 Å². The minimum Gasteiger partial charge on any atom is -0.337 e. The maximum absolute atomic E-state index is 12.6. The second kappa shape index (κ2) is 6.74. The summed E-state index contributed by atoms with van der Waals surface area (Å²) < 4.78 is 0. The molecule has 23 heavy (non-hydrogen) atoms. The van der Waals surface area contributed by atoms with Crippen molar-refractivity contribution in [3.8, 4) is 0 Å². The number of hydrogen-bond donors (Lipinski definition) is 2. The molecule has 2 unspecified atom stereocenters. The van der Waals surface area contributed by atoms with Gasteiger partial charge in [-0.2, -0.15) is 5.10 Å². The lowest BCUT2D eigenvalue weighted by atomic mass is 10.0. The Bertz CT molecular complexity index is 645. The number of amides is 2. The van der Waals surface area contributed by atoms with Crippen LogP contribution >= 0.6 is 11.3 Å². The minimum atomic E-state index is 0.0379. The van der Waals surface area contributed by atoms with Crippen LogP contribution in [0.2, 0.25) is 0 Å². The fraction of sp³-hybridized carbons (Fsp3) is 0.529. The van der Waals surface area contributed by atoms with Gasteiger partial charge in [0.1, 0.15) is 0 Å². The van der Waals surface area contributed by atoms with Crippen molar-refractivity contribution >= 4 is 17.4 Å². The van der Waals surface area contributed by atoms with Crippen molar-refractivity contribution in [1.29, 1.82) is 0 Å². The quantitative estimate of drug-likeness (QED) is 0.896. The summed E-state index contributed by atoms with van der Waals surface area (Å²) >= 11 is 1.74. The smallest absolute Gasteiger partial charge is 0.317 e. The predicted molar refractivity (Wildman–Crippen MR) is 92.9 cm³/mol. The number of nitrogens with zero attached hydrogens (tertiary/aromatic N) is 2. The van der Waals surface area contributed by atoms with Crippen molar-refractivity contribution in [3.05, 3.63) is 39.3 Å². The Morgan fingerprint density at radius 2 is 2.39 bits per heavy atom. The molecule has 2 N–H and O–H groups in total. The number of H-pyrrole nitrogens is 1. The summed E-state index contributed by atoms with van der Waals surface area (Å²) in [6.07, 6.45) is 2.05. The van der Waals surface area contributed by atoms with Gasteiger partial charge < -0.3 is 10.2 Å². The van der Waals surface area contributed by atoms with Gasteiger partial charge in [0.25, 0.3) is 0 Å². The molecule has 0 aliphatic carbocycles. The van der Waals surface area contributed by atoms with Crippen molar-refractivity contribution in [2.24, 2.45) is 0 Å². The van der Waals surface area contributed by atoms with Crippen molar-refractivity contribution in [3.63, 3.8) is 0 Å². The SMILES string of the molecule is Cc1n[nH]c(C)c1C1CCCN1C(=O)NCC(C)c1cccs1. The van der Waals surface area contributed by atoms with Crippen molar-refractivity contribution in [1.82, 2.24) is 20.4 Å². The first-order chi connectivity index (χ1) is 11.1. The number of carbonyl (C=O) groups excluding carboxylic acids is 1. The number of thiophene rings is 1. The highest BCUT2D eigenvalue weighted by molar-refractivity contribution is 7.10. The van der Waals surface area contributed by atoms with E-state index in [2.05, 4.69) is 40.0 Å². The first-order valence-corrected chi connectivity index (χ1v) is 9.05. The van der Waals surface area contributed by atoms with Crippen LogP contribution in [0.5, 0.6) is 0 Å². The highest BCUT2D eigenvalue weighted by atomic mass is 32.1. The number of carbonyl (C=O) groups is 1. The van der Waals surface area contributed by atoms with Crippen LogP contribution in [0, 0.1) is 13.8 Å². The van der Waals surface area contributed by atoms with Crippen LogP contribution in [0.25, 0.3) is 0 Å². The lowest BCUT2D eigenvalue weighted by Crippen LogP contribution is -2.41. The number of urea groups is 1. The van der Waals surface area contributed by atoms with E-state index in [1.54, 1.807) is 11.3 Å². The molecule has 0 saturated carbocycles. The van der Waals surface area contributed by atoms with Gasteiger partial charge in [-0.1, -0.05) is 13.0 Å². The molecule has 1 saturated heterocycles. The molecule has 3 heterocycles. The highest BCUT2D eigenvalue weighted by Gasteiger charge is 2.33. The molecule has 6 heteroatoms. The van der Waals surface area contributed by atoms with Crippen LogP contribution in [0.15, 0.2) is 17.5 Å². The number of hydrogen-bond acceptors (Lipinski definition) is 3. The molecule has 0 aromatic carbocycles. The molecule has 3 rings (SSSR count). The summed E-state index contributed by atoms with van der Waals surface area (Å²) in [5.74, 6) is 0.345. The number of nitrogens with one attached hydrogen (secondary N) is 2. The zero-order valence-electron chi connectivity index (χ0n) is 13.9. The van der Waals surface area contributed by atoms with Crippen molar-refractivity contribution in [2.45, 2.75) is 45.6 Å². The Kier molecular flexibility index (Phi) is 4.71. The van der Waals surface area contributed by atoms with Crippen LogP contribution in [0.1, 0.15) is 53.6 Å². The van der Waals surface area contributed by atoms with Crippen LogP contribution in [-0.2, 0) is 0 Å². The van der Waals surface area contributed by atoms with Gasteiger partial charge >= 0.3 is 6.03 Å². The van der Waals surface area contributed by atoms with Gasteiger partial charge in [0.2, 0.25) is 0 Å². The molecule has 0 bridgehead atoms. The summed E-state index contributed by atoms with van der Waals surface area (Å²) in [5.41, 5.74) is 3.25. The average molecular weight is 332 g/mol. The number of likely N-dealkylation sites (tertiary alicyclic amines) is 1. The predicted octanol–water partition coefficient (Wildman–Crippen LogP) is 3.74. The van der Waals surface area contributed by atoms with Crippen LogP contribution < -0.4 is 5.32 Å². The largest absolute Gasteiger partial charge is 0.337 e. The van der Waals surface area contributed by atoms with Gasteiger partial charge in [-0.25, -0.2) is 4.79 Å². The summed E-state index contributed by atoms with van der Waals surface area (Å²) in [4.78, 5) is 15.9. The molecule has 2 atom stereocenters. The second-order valence-corrected chi connectivity index (χ2v) is 7.28. The molecule has 0 spiro atoms. The van der Waals surface area contributed by atoms with Crippen LogP contribution in [0.4, 0.5) is 4.79 Å². The van der Waals surface area contributed by atoms with E-state index in [0.717, 1.165) is 30.8 Å². The molecule has 1 aliphatic heterocycles. The normalized spacial score (nSPS) is 19.1. The van der Waals surface area contributed by atoms with E-state index in [9.17, 15) is 4.79 Å². The molecule has 2 amide bonds. The Hall–Kier alpha value is -1.82. The third kappa shape index (κ3) is 3.27. The van der Waals surface area contributed by atoms with Crippen molar-refractivity contribution < 1.29 is 4.79 Å². The van der Waals surface area contributed by atoms with E-state index in [1.807, 2.05) is 18.7 Å². The molecule has 0 radical (unpaired) electrons. The third-order valence-electron chi connectivity index (χ3n) is 4.62. The number of rotatable bonds is 4. The first-order valence-electron chi connectivity index (χ1n) is 8.17. The Balaban J connectivity index is 1.64. The molecule has 5 nitrogen and oxygen atoms in total. The van der Waals surface area contributed by atoms with Gasteiger partial charge in [-0.05, 0) is 38.1 Å². The summed E-state index contributed by atoms with van der Waals surface area (Å²) in [5, 5.41) is 12.5. The maximum Gasteiger partial charge on any atom is 0.317 e. The summed E-state index contributed by atoms with van der Waals surface area (Å²) in [6.45, 7) is 7.67. The summed E-state index contributed by atoms with van der Waals surface area (Å²) in [7, 11) is 0. The lowest BCUT2D eigenvalue weighted by Gasteiger charge is -2.26. The van der Waals surface area contributed by atoms with Gasteiger partial charge in [-0.3, -0.25) is 5.10 Å². The number of aromatic amines is 1. The van der Waals surface area contributed by atoms with Gasteiger partial charge in [0, 0.05) is 35.1 Å². The highest BCUT2D eigenvalue weighted by Crippen LogP contribution is 2.34. The number of aryl methyl sites for hydroxylation is 2. The molecule has 124 valence electrons. The van der Waals surface area contributed by atoms with E-state index >= 15 is 0 Å². The maximum atomic E-state index is 12.6. The fourth-order valence-electron chi connectivity index (χ4n) is 3.37. The lowest BCUT2D eigenvalue weighted by molar-refractivity contribution is 0.192. The standard InChI is InChI=1S/C17H24N4OS/c1-11(15-7-5-9-23-15)10-18-17(22)21-8-4-6-14(21)16-12(2)19-20-13(16)3/h5,7,9,11,14H,4,6,8,10H2,1-3H3,(H,18,22)(H,19,20). The van der Waals surface area contributed by atoms with Gasteiger partial charge in [-0.15, -0.1) is 11.3 Å². The van der Waals surface area contributed by atoms with E-state index in [0.29, 0.717) is 12.5 Å². The third-order valence-corrected chi connectivity index (χ3v) is 5.72. The van der Waals surface area contributed by atoms with Gasteiger partial charge in [0.05, 0.1) is 11.7 Å². The fourth-order valence-corrected chi connectivity index (χ4v) is 4.16. The van der Waals surface area contributed by atoms with E-state index in [-0.39, 0.29) is 12.1 Å². The molecular weight excluding hydrogens is 308 g/mol. The first kappa shape index (κ1) is 16.1. The Morgan fingerprint density at radius 3 is 3.04 bits per heavy atom. The van der Waals surface area contributed by atoms with E-state index in [1.165, 1.54) is 10.4 Å². The second-order valence-electron chi connectivity index (χ2n) is 6.30. The molecule has 2 aromatic rings. The average Bonchev–Trinajstić information content (AvgIpc) is 3.25. The summed E-state index contributed by atoms with van der Waals surface area (Å²) in [6, 6.07) is 4.36. The zero-order valence-corrected chi connectivity index (χ0v) is 14.7. The minimum absolute atomic E-state index is 0.0379. The zero-order chi connectivity index (χ0) is 16.4. The van der Waals surface area contributed by atoms with Crippen LogP contribution in [-0.4, -0.2) is 34.2 Å². The molecular formula is C17H24N4OS. The van der Waals surface area contributed by atoms with Crippen LogP contribution in [0.3, 0.4) is 0 Å². The van der Waals surface area contributed by atoms with E-state index in [4.69, 9.17) is 0 Å². The number of aromatic nitrogens is 2. The van der Waals surface area contributed by atoms with E-state index < -0.39 is 0 Å². The van der Waals surface area contributed by atoms with Gasteiger partial charge in [0.15, 0.2) is 0 Å². The molecule has 1 fully saturated rings. The Morgan fingerprint density at radius 1 is 1.57 bits per heavy atom. The topological polar surface area (TPSA) is 61.0 Å². The monoisotopic (exact) mass is 332 g/mol. The molecule has 1 aliphatic rings.